The van der Waals surface area contributed by atoms with Crippen molar-refractivity contribution < 1.29 is 4.79 Å². The molecule has 1 amide bonds. The lowest BCUT2D eigenvalue weighted by Crippen LogP contribution is -2.23. The van der Waals surface area contributed by atoms with Gasteiger partial charge in [-0.15, -0.1) is 0 Å². The Morgan fingerprint density at radius 2 is 1.46 bits per heavy atom. The maximum Gasteiger partial charge on any atom is 0.252 e. The third-order valence-electron chi connectivity index (χ3n) is 4.33. The highest BCUT2D eigenvalue weighted by Gasteiger charge is 2.13. The molecule has 126 valence electrons. The Balaban J connectivity index is 1.72. The highest BCUT2D eigenvalue weighted by atomic mass is 16.1. The summed E-state index contributed by atoms with van der Waals surface area (Å²) in [4.78, 5) is 17.6. The SMILES string of the molecule is O=C(NCc1ccccc1)c1cc(-c2ccccc2)nc2ccccc12. The first-order valence-electron chi connectivity index (χ1n) is 8.58. The van der Waals surface area contributed by atoms with Gasteiger partial charge in [0.25, 0.3) is 5.91 Å². The van der Waals surface area contributed by atoms with Gasteiger partial charge in [0, 0.05) is 17.5 Å². The third-order valence-corrected chi connectivity index (χ3v) is 4.33. The monoisotopic (exact) mass is 338 g/mol. The largest absolute Gasteiger partial charge is 0.348 e. The van der Waals surface area contributed by atoms with Gasteiger partial charge in [0.15, 0.2) is 0 Å². The van der Waals surface area contributed by atoms with Crippen LogP contribution in [0.1, 0.15) is 15.9 Å². The average Bonchev–Trinajstić information content (AvgIpc) is 2.72. The zero-order valence-electron chi connectivity index (χ0n) is 14.2. The van der Waals surface area contributed by atoms with Gasteiger partial charge in [-0.2, -0.15) is 0 Å². The van der Waals surface area contributed by atoms with Crippen molar-refractivity contribution in [3.63, 3.8) is 0 Å². The number of aromatic nitrogens is 1. The maximum atomic E-state index is 12.9. The lowest BCUT2D eigenvalue weighted by Gasteiger charge is -2.11. The van der Waals surface area contributed by atoms with E-state index >= 15 is 0 Å². The van der Waals surface area contributed by atoms with Crippen molar-refractivity contribution in [1.29, 1.82) is 0 Å². The molecule has 0 saturated carbocycles. The lowest BCUT2D eigenvalue weighted by atomic mass is 10.0. The number of hydrogen-bond acceptors (Lipinski definition) is 2. The number of fused-ring (bicyclic) bond motifs is 1. The van der Waals surface area contributed by atoms with Crippen LogP contribution in [0.5, 0.6) is 0 Å². The number of amides is 1. The zero-order valence-corrected chi connectivity index (χ0v) is 14.2. The molecule has 0 aliphatic rings. The highest BCUT2D eigenvalue weighted by Crippen LogP contribution is 2.24. The second-order valence-electron chi connectivity index (χ2n) is 6.11. The first kappa shape index (κ1) is 16.0. The van der Waals surface area contributed by atoms with E-state index in [1.54, 1.807) is 0 Å². The molecule has 3 heteroatoms. The average molecular weight is 338 g/mol. The highest BCUT2D eigenvalue weighted by molar-refractivity contribution is 6.07. The van der Waals surface area contributed by atoms with Crippen LogP contribution in [-0.2, 0) is 6.54 Å². The Morgan fingerprint density at radius 1 is 0.808 bits per heavy atom. The van der Waals surface area contributed by atoms with Crippen molar-refractivity contribution in [2.24, 2.45) is 0 Å². The Morgan fingerprint density at radius 3 is 2.23 bits per heavy atom. The molecule has 4 aromatic rings. The molecule has 0 atom stereocenters. The summed E-state index contributed by atoms with van der Waals surface area (Å²) in [5, 5.41) is 3.88. The minimum atomic E-state index is -0.0929. The van der Waals surface area contributed by atoms with Gasteiger partial charge in [0.05, 0.1) is 16.8 Å². The quantitative estimate of drug-likeness (QED) is 0.579. The standard InChI is InChI=1S/C23H18N2O/c26-23(24-16-17-9-3-1-4-10-17)20-15-22(18-11-5-2-6-12-18)25-21-14-8-7-13-19(20)21/h1-15H,16H2,(H,24,26). The molecule has 0 fully saturated rings. The maximum absolute atomic E-state index is 12.9. The van der Waals surface area contributed by atoms with Gasteiger partial charge in [-0.25, -0.2) is 4.98 Å². The smallest absolute Gasteiger partial charge is 0.252 e. The molecular formula is C23H18N2O. The van der Waals surface area contributed by atoms with Gasteiger partial charge >= 0.3 is 0 Å². The summed E-state index contributed by atoms with van der Waals surface area (Å²) in [6.07, 6.45) is 0. The Kier molecular flexibility index (Phi) is 4.44. The van der Waals surface area contributed by atoms with Crippen LogP contribution in [0.3, 0.4) is 0 Å². The molecule has 0 saturated heterocycles. The molecule has 4 rings (SSSR count). The molecule has 0 aliphatic heterocycles. The summed E-state index contributed by atoms with van der Waals surface area (Å²) in [7, 11) is 0. The predicted octanol–water partition coefficient (Wildman–Crippen LogP) is 4.83. The minimum absolute atomic E-state index is 0.0929. The topological polar surface area (TPSA) is 42.0 Å². The van der Waals surface area contributed by atoms with Crippen molar-refractivity contribution in [2.75, 3.05) is 0 Å². The van der Waals surface area contributed by atoms with Crippen LogP contribution in [0.25, 0.3) is 22.2 Å². The van der Waals surface area contributed by atoms with Crippen LogP contribution in [0.15, 0.2) is 91.0 Å². The van der Waals surface area contributed by atoms with E-state index in [0.717, 1.165) is 27.7 Å². The first-order valence-corrected chi connectivity index (χ1v) is 8.58. The second-order valence-corrected chi connectivity index (χ2v) is 6.11. The van der Waals surface area contributed by atoms with Crippen LogP contribution < -0.4 is 5.32 Å². The number of nitrogens with one attached hydrogen (secondary N) is 1. The van der Waals surface area contributed by atoms with Crippen LogP contribution >= 0.6 is 0 Å². The van der Waals surface area contributed by atoms with Crippen molar-refractivity contribution >= 4 is 16.8 Å². The number of nitrogens with zero attached hydrogens (tertiary/aromatic N) is 1. The third kappa shape index (κ3) is 3.33. The zero-order chi connectivity index (χ0) is 17.8. The fraction of sp³-hybridized carbons (Fsp3) is 0.0435. The molecule has 3 nitrogen and oxygen atoms in total. The van der Waals surface area contributed by atoms with E-state index in [-0.39, 0.29) is 5.91 Å². The number of carbonyl (C=O) groups is 1. The molecule has 0 aliphatic carbocycles. The molecule has 26 heavy (non-hydrogen) atoms. The molecule has 0 spiro atoms. The fourth-order valence-electron chi connectivity index (χ4n) is 2.99. The molecule has 0 radical (unpaired) electrons. The van der Waals surface area contributed by atoms with E-state index in [0.29, 0.717) is 12.1 Å². The number of benzene rings is 3. The molecule has 1 N–H and O–H groups in total. The molecular weight excluding hydrogens is 320 g/mol. The van der Waals surface area contributed by atoms with Crippen LogP contribution in [-0.4, -0.2) is 10.9 Å². The van der Waals surface area contributed by atoms with Crippen molar-refractivity contribution in [3.05, 3.63) is 102 Å². The summed E-state index contributed by atoms with van der Waals surface area (Å²) >= 11 is 0. The van der Waals surface area contributed by atoms with Crippen LogP contribution in [0.4, 0.5) is 0 Å². The van der Waals surface area contributed by atoms with Crippen LogP contribution in [0.2, 0.25) is 0 Å². The predicted molar refractivity (Wildman–Crippen MR) is 105 cm³/mol. The number of pyridine rings is 1. The van der Waals surface area contributed by atoms with E-state index in [2.05, 4.69) is 5.32 Å². The number of hydrogen-bond donors (Lipinski definition) is 1. The first-order chi connectivity index (χ1) is 12.8. The summed E-state index contributed by atoms with van der Waals surface area (Å²) in [6, 6.07) is 29.5. The molecule has 3 aromatic carbocycles. The van der Waals surface area contributed by atoms with E-state index < -0.39 is 0 Å². The van der Waals surface area contributed by atoms with Gasteiger partial charge < -0.3 is 5.32 Å². The van der Waals surface area contributed by atoms with Gasteiger partial charge in [0.1, 0.15) is 0 Å². The summed E-state index contributed by atoms with van der Waals surface area (Å²) in [5.74, 6) is -0.0929. The van der Waals surface area contributed by atoms with Crippen molar-refractivity contribution in [2.45, 2.75) is 6.54 Å². The van der Waals surface area contributed by atoms with Crippen LogP contribution in [0, 0.1) is 0 Å². The fourth-order valence-corrected chi connectivity index (χ4v) is 2.99. The Labute approximate surface area is 152 Å². The Bertz CT molecular complexity index is 1040. The number of carbonyl (C=O) groups excluding carboxylic acids is 1. The number of rotatable bonds is 4. The molecule has 0 bridgehead atoms. The van der Waals surface area contributed by atoms with Gasteiger partial charge in [0.2, 0.25) is 0 Å². The van der Waals surface area contributed by atoms with Crippen molar-refractivity contribution in [1.82, 2.24) is 10.3 Å². The normalized spacial score (nSPS) is 10.6. The Hall–Kier alpha value is -3.46. The number of para-hydroxylation sites is 1. The van der Waals surface area contributed by atoms with E-state index in [1.807, 2.05) is 91.0 Å². The molecule has 0 unspecified atom stereocenters. The summed E-state index contributed by atoms with van der Waals surface area (Å²) in [5.41, 5.74) is 4.33. The minimum Gasteiger partial charge on any atom is -0.348 e. The lowest BCUT2D eigenvalue weighted by molar-refractivity contribution is 0.0952. The van der Waals surface area contributed by atoms with E-state index in [9.17, 15) is 4.79 Å². The van der Waals surface area contributed by atoms with Gasteiger partial charge in [-0.05, 0) is 17.7 Å². The van der Waals surface area contributed by atoms with E-state index in [4.69, 9.17) is 4.98 Å². The second kappa shape index (κ2) is 7.19. The summed E-state index contributed by atoms with van der Waals surface area (Å²) in [6.45, 7) is 0.497. The summed E-state index contributed by atoms with van der Waals surface area (Å²) < 4.78 is 0. The van der Waals surface area contributed by atoms with Gasteiger partial charge in [-0.3, -0.25) is 4.79 Å². The van der Waals surface area contributed by atoms with Crippen molar-refractivity contribution in [3.8, 4) is 11.3 Å². The molecule has 1 aromatic heterocycles. The van der Waals surface area contributed by atoms with Gasteiger partial charge in [-0.1, -0.05) is 78.9 Å². The van der Waals surface area contributed by atoms with E-state index in [1.165, 1.54) is 0 Å². The molecule has 1 heterocycles.